The molecule has 1 saturated carbocycles. The lowest BCUT2D eigenvalue weighted by atomic mass is 10.1. The zero-order valence-electron chi connectivity index (χ0n) is 10.8. The minimum absolute atomic E-state index is 0.152. The van der Waals surface area contributed by atoms with Crippen molar-refractivity contribution in [2.45, 2.75) is 50.6 Å². The summed E-state index contributed by atoms with van der Waals surface area (Å²) in [5.41, 5.74) is 0. The number of hydrogen-bond donors (Lipinski definition) is 1. The van der Waals surface area contributed by atoms with Gasteiger partial charge in [0.05, 0.1) is 13.2 Å². The highest BCUT2D eigenvalue weighted by Crippen LogP contribution is 2.23. The van der Waals surface area contributed by atoms with Gasteiger partial charge in [-0.2, -0.15) is 0 Å². The summed E-state index contributed by atoms with van der Waals surface area (Å²) < 4.78 is 5.50. The molecule has 0 aromatic carbocycles. The molecule has 4 nitrogen and oxygen atoms in total. The number of carbonyl (C=O) groups excluding carboxylic acids is 1. The third kappa shape index (κ3) is 3.19. The Morgan fingerprint density at radius 2 is 1.94 bits per heavy atom. The Morgan fingerprint density at radius 1 is 1.24 bits per heavy atom. The minimum atomic E-state index is -0.152. The van der Waals surface area contributed by atoms with Gasteiger partial charge in [0.1, 0.15) is 6.04 Å². The van der Waals surface area contributed by atoms with E-state index in [-0.39, 0.29) is 11.9 Å². The van der Waals surface area contributed by atoms with E-state index < -0.39 is 0 Å². The number of hydrogen-bond acceptors (Lipinski definition) is 3. The smallest absolute Gasteiger partial charge is 0.242 e. The second-order valence-electron chi connectivity index (χ2n) is 5.09. The Morgan fingerprint density at radius 3 is 2.59 bits per heavy atom. The topological polar surface area (TPSA) is 41.6 Å². The van der Waals surface area contributed by atoms with Crippen molar-refractivity contribution in [1.29, 1.82) is 0 Å². The first kappa shape index (κ1) is 12.8. The molecule has 2 fully saturated rings. The number of likely N-dealkylation sites (N-methyl/N-ethyl adjacent to an activating group) is 1. The molecule has 1 aliphatic carbocycles. The lowest BCUT2D eigenvalue weighted by Gasteiger charge is -2.31. The average molecular weight is 240 g/mol. The van der Waals surface area contributed by atoms with E-state index in [1.165, 1.54) is 38.5 Å². The Hall–Kier alpha value is -0.610. The van der Waals surface area contributed by atoms with E-state index in [4.69, 9.17) is 4.74 Å². The van der Waals surface area contributed by atoms with Crippen molar-refractivity contribution in [2.24, 2.45) is 0 Å². The van der Waals surface area contributed by atoms with Gasteiger partial charge in [-0.1, -0.05) is 25.7 Å². The number of carbonyl (C=O) groups is 1. The molecule has 1 saturated heterocycles. The van der Waals surface area contributed by atoms with Crippen LogP contribution < -0.4 is 5.32 Å². The number of ether oxygens (including phenoxy) is 1. The summed E-state index contributed by atoms with van der Waals surface area (Å²) in [5.74, 6) is 0.233. The van der Waals surface area contributed by atoms with Gasteiger partial charge in [-0.25, -0.2) is 0 Å². The van der Waals surface area contributed by atoms with Crippen LogP contribution >= 0.6 is 0 Å². The molecule has 4 heteroatoms. The third-order valence-electron chi connectivity index (χ3n) is 3.96. The van der Waals surface area contributed by atoms with Crippen molar-refractivity contribution in [2.75, 3.05) is 26.8 Å². The summed E-state index contributed by atoms with van der Waals surface area (Å²) in [7, 11) is 1.84. The molecule has 2 rings (SSSR count). The van der Waals surface area contributed by atoms with Crippen molar-refractivity contribution in [3.8, 4) is 0 Å². The van der Waals surface area contributed by atoms with Crippen LogP contribution in [0.25, 0.3) is 0 Å². The normalized spacial score (nSPS) is 28.9. The van der Waals surface area contributed by atoms with Crippen LogP contribution in [0.3, 0.4) is 0 Å². The zero-order chi connectivity index (χ0) is 12.1. The maximum atomic E-state index is 12.4. The van der Waals surface area contributed by atoms with Gasteiger partial charge in [-0.3, -0.25) is 4.79 Å². The van der Waals surface area contributed by atoms with E-state index in [9.17, 15) is 4.79 Å². The van der Waals surface area contributed by atoms with Crippen LogP contribution in [-0.4, -0.2) is 49.7 Å². The molecule has 17 heavy (non-hydrogen) atoms. The molecule has 0 aromatic rings. The van der Waals surface area contributed by atoms with Crippen molar-refractivity contribution in [3.05, 3.63) is 0 Å². The van der Waals surface area contributed by atoms with Crippen LogP contribution in [0.4, 0.5) is 0 Å². The van der Waals surface area contributed by atoms with E-state index in [2.05, 4.69) is 10.2 Å². The van der Waals surface area contributed by atoms with Gasteiger partial charge in [0.15, 0.2) is 0 Å². The predicted octanol–water partition coefficient (Wildman–Crippen LogP) is 1.16. The monoisotopic (exact) mass is 240 g/mol. The molecule has 0 spiro atoms. The van der Waals surface area contributed by atoms with Crippen molar-refractivity contribution < 1.29 is 9.53 Å². The van der Waals surface area contributed by atoms with Crippen LogP contribution in [-0.2, 0) is 9.53 Å². The molecule has 1 heterocycles. The highest BCUT2D eigenvalue weighted by Gasteiger charge is 2.31. The van der Waals surface area contributed by atoms with Gasteiger partial charge in [0.2, 0.25) is 5.91 Å². The SMILES string of the molecule is CNC1COCCN(C2CCCCCC2)C1=O. The van der Waals surface area contributed by atoms with Crippen molar-refractivity contribution in [1.82, 2.24) is 10.2 Å². The zero-order valence-corrected chi connectivity index (χ0v) is 10.8. The van der Waals surface area contributed by atoms with Crippen molar-refractivity contribution in [3.63, 3.8) is 0 Å². The Labute approximate surface area is 104 Å². The first-order valence-corrected chi connectivity index (χ1v) is 6.88. The number of nitrogens with one attached hydrogen (secondary N) is 1. The molecule has 98 valence electrons. The molecule has 1 N–H and O–H groups in total. The summed E-state index contributed by atoms with van der Waals surface area (Å²) in [6.45, 7) is 1.96. The first-order valence-electron chi connectivity index (χ1n) is 6.88. The molecule has 1 unspecified atom stereocenters. The van der Waals surface area contributed by atoms with E-state index in [1.54, 1.807) is 0 Å². The van der Waals surface area contributed by atoms with Crippen LogP contribution in [0.2, 0.25) is 0 Å². The van der Waals surface area contributed by atoms with Gasteiger partial charge in [0, 0.05) is 12.6 Å². The maximum Gasteiger partial charge on any atom is 0.242 e. The van der Waals surface area contributed by atoms with E-state index in [0.717, 1.165) is 6.54 Å². The molecule has 1 aliphatic heterocycles. The second-order valence-corrected chi connectivity index (χ2v) is 5.09. The Bertz CT molecular complexity index is 250. The number of nitrogens with zero attached hydrogens (tertiary/aromatic N) is 1. The van der Waals surface area contributed by atoms with Crippen LogP contribution in [0, 0.1) is 0 Å². The summed E-state index contributed by atoms with van der Waals surface area (Å²) in [6, 6.07) is 0.295. The van der Waals surface area contributed by atoms with Crippen molar-refractivity contribution >= 4 is 5.91 Å². The van der Waals surface area contributed by atoms with E-state index >= 15 is 0 Å². The molecule has 2 aliphatic rings. The summed E-state index contributed by atoms with van der Waals surface area (Å²) in [5, 5.41) is 3.06. The number of rotatable bonds is 2. The van der Waals surface area contributed by atoms with Gasteiger partial charge >= 0.3 is 0 Å². The number of amides is 1. The quantitative estimate of drug-likeness (QED) is 0.736. The molecular formula is C13H24N2O2. The Balaban J connectivity index is 2.02. The van der Waals surface area contributed by atoms with Crippen LogP contribution in [0.5, 0.6) is 0 Å². The Kier molecular flexibility index (Phi) is 4.80. The molecule has 1 atom stereocenters. The predicted molar refractivity (Wildman–Crippen MR) is 66.9 cm³/mol. The molecule has 1 amide bonds. The van der Waals surface area contributed by atoms with Crippen LogP contribution in [0.15, 0.2) is 0 Å². The maximum absolute atomic E-state index is 12.4. The summed E-state index contributed by atoms with van der Waals surface area (Å²) in [6.07, 6.45) is 7.51. The minimum Gasteiger partial charge on any atom is -0.377 e. The third-order valence-corrected chi connectivity index (χ3v) is 3.96. The van der Waals surface area contributed by atoms with Gasteiger partial charge in [0.25, 0.3) is 0 Å². The molecule has 0 bridgehead atoms. The highest BCUT2D eigenvalue weighted by molar-refractivity contribution is 5.82. The van der Waals surface area contributed by atoms with Gasteiger partial charge in [-0.15, -0.1) is 0 Å². The van der Waals surface area contributed by atoms with E-state index in [1.807, 2.05) is 7.05 Å². The lowest BCUT2D eigenvalue weighted by molar-refractivity contribution is -0.135. The molecule has 0 aromatic heterocycles. The summed E-state index contributed by atoms with van der Waals surface area (Å²) >= 11 is 0. The highest BCUT2D eigenvalue weighted by atomic mass is 16.5. The van der Waals surface area contributed by atoms with E-state index in [0.29, 0.717) is 19.3 Å². The fourth-order valence-corrected chi connectivity index (χ4v) is 2.88. The first-order chi connectivity index (χ1) is 8.33. The average Bonchev–Trinajstić information content (AvgIpc) is 2.69. The lowest BCUT2D eigenvalue weighted by Crippen LogP contribution is -2.49. The summed E-state index contributed by atoms with van der Waals surface area (Å²) in [4.78, 5) is 14.4. The van der Waals surface area contributed by atoms with Gasteiger partial charge < -0.3 is 15.0 Å². The fraction of sp³-hybridized carbons (Fsp3) is 0.923. The molecular weight excluding hydrogens is 216 g/mol. The fourth-order valence-electron chi connectivity index (χ4n) is 2.88. The standard InChI is InChI=1S/C13H24N2O2/c1-14-12-10-17-9-8-15(13(12)16)11-6-4-2-3-5-7-11/h11-12,14H,2-10H2,1H3. The second kappa shape index (κ2) is 6.36. The molecule has 0 radical (unpaired) electrons. The largest absolute Gasteiger partial charge is 0.377 e. The van der Waals surface area contributed by atoms with Crippen LogP contribution in [0.1, 0.15) is 38.5 Å². The van der Waals surface area contributed by atoms with Gasteiger partial charge in [-0.05, 0) is 19.9 Å².